The molecule has 1 N–H and O–H groups in total. The molecule has 1 saturated heterocycles. The molecule has 7 heteroatoms. The minimum atomic E-state index is -0.552. The Morgan fingerprint density at radius 3 is 2.85 bits per heavy atom. The normalized spacial score (nSPS) is 16.7. The largest absolute Gasteiger partial charge is 0.492 e. The van der Waals surface area contributed by atoms with Crippen molar-refractivity contribution in [2.75, 3.05) is 23.4 Å². The van der Waals surface area contributed by atoms with E-state index in [0.717, 1.165) is 0 Å². The molecule has 2 amide bonds. The molecule has 3 rings (SSSR count). The summed E-state index contributed by atoms with van der Waals surface area (Å²) in [6.45, 7) is 2.55. The van der Waals surface area contributed by atoms with Gasteiger partial charge in [-0.2, -0.15) is 0 Å². The van der Waals surface area contributed by atoms with Gasteiger partial charge >= 0.3 is 0 Å². The number of carbonyl (C=O) groups excluding carboxylic acids is 2. The second-order valence-corrected chi connectivity index (χ2v) is 6.33. The van der Waals surface area contributed by atoms with Gasteiger partial charge in [-0.25, -0.2) is 4.39 Å². The molecule has 0 radical (unpaired) electrons. The van der Waals surface area contributed by atoms with E-state index in [1.54, 1.807) is 18.2 Å². The van der Waals surface area contributed by atoms with E-state index in [1.807, 2.05) is 13.0 Å². The fourth-order valence-corrected chi connectivity index (χ4v) is 3.05. The van der Waals surface area contributed by atoms with Crippen LogP contribution in [0.5, 0.6) is 5.75 Å². The van der Waals surface area contributed by atoms with Crippen molar-refractivity contribution in [3.8, 4) is 5.75 Å². The molecule has 1 fully saturated rings. The summed E-state index contributed by atoms with van der Waals surface area (Å²) in [5.41, 5.74) is 1.04. The standard InChI is InChI=1S/C19H18ClFN2O3/c1-2-26-17-6-4-3-5-16(17)22-19(25)12-9-18(24)23(11-12)13-7-8-15(21)14(20)10-13/h3-8,10,12H,2,9,11H2,1H3,(H,22,25). The summed E-state index contributed by atoms with van der Waals surface area (Å²) < 4.78 is 18.8. The second kappa shape index (κ2) is 7.74. The van der Waals surface area contributed by atoms with Crippen molar-refractivity contribution in [2.45, 2.75) is 13.3 Å². The predicted octanol–water partition coefficient (Wildman–Crippen LogP) is 3.87. The summed E-state index contributed by atoms with van der Waals surface area (Å²) >= 11 is 5.79. The Balaban J connectivity index is 1.72. The Morgan fingerprint density at radius 1 is 1.35 bits per heavy atom. The highest BCUT2D eigenvalue weighted by atomic mass is 35.5. The van der Waals surface area contributed by atoms with Crippen molar-refractivity contribution < 1.29 is 18.7 Å². The number of benzene rings is 2. The smallest absolute Gasteiger partial charge is 0.229 e. The first-order chi connectivity index (χ1) is 12.5. The van der Waals surface area contributed by atoms with E-state index in [1.165, 1.54) is 23.1 Å². The van der Waals surface area contributed by atoms with Crippen LogP contribution in [0.1, 0.15) is 13.3 Å². The zero-order valence-corrected chi connectivity index (χ0v) is 14.9. The Kier molecular flexibility index (Phi) is 5.42. The van der Waals surface area contributed by atoms with Crippen LogP contribution in [-0.4, -0.2) is 25.0 Å². The molecule has 2 aromatic rings. The molecule has 1 atom stereocenters. The average molecular weight is 377 g/mol. The van der Waals surface area contributed by atoms with Crippen LogP contribution in [0.4, 0.5) is 15.8 Å². The Labute approximate surface area is 155 Å². The van der Waals surface area contributed by atoms with E-state index in [4.69, 9.17) is 16.3 Å². The number of rotatable bonds is 5. The minimum absolute atomic E-state index is 0.0613. The molecule has 2 aromatic carbocycles. The van der Waals surface area contributed by atoms with Crippen LogP contribution in [-0.2, 0) is 9.59 Å². The number of para-hydroxylation sites is 2. The van der Waals surface area contributed by atoms with Gasteiger partial charge in [0.25, 0.3) is 0 Å². The number of halogens is 2. The van der Waals surface area contributed by atoms with Crippen molar-refractivity contribution in [2.24, 2.45) is 5.92 Å². The van der Waals surface area contributed by atoms with Gasteiger partial charge in [0.15, 0.2) is 0 Å². The molecule has 5 nitrogen and oxygen atoms in total. The van der Waals surface area contributed by atoms with E-state index < -0.39 is 11.7 Å². The maximum absolute atomic E-state index is 13.3. The Hall–Kier alpha value is -2.60. The average Bonchev–Trinajstić information content (AvgIpc) is 3.01. The molecule has 1 aliphatic heterocycles. The summed E-state index contributed by atoms with van der Waals surface area (Å²) in [7, 11) is 0. The number of hydrogen-bond donors (Lipinski definition) is 1. The van der Waals surface area contributed by atoms with Gasteiger partial charge in [0.1, 0.15) is 11.6 Å². The molecule has 0 spiro atoms. The van der Waals surface area contributed by atoms with Gasteiger partial charge < -0.3 is 15.0 Å². The highest BCUT2D eigenvalue weighted by Gasteiger charge is 2.35. The third-order valence-electron chi connectivity index (χ3n) is 4.16. The van der Waals surface area contributed by atoms with Crippen LogP contribution < -0.4 is 15.0 Å². The molecule has 1 heterocycles. The lowest BCUT2D eigenvalue weighted by molar-refractivity contribution is -0.122. The van der Waals surface area contributed by atoms with Gasteiger partial charge in [0.05, 0.1) is 23.2 Å². The molecular formula is C19H18ClFN2O3. The fourth-order valence-electron chi connectivity index (χ4n) is 2.87. The molecular weight excluding hydrogens is 359 g/mol. The van der Waals surface area contributed by atoms with Gasteiger partial charge in [0.2, 0.25) is 11.8 Å². The summed E-state index contributed by atoms with van der Waals surface area (Å²) in [6.07, 6.45) is 0.0810. The number of nitrogens with one attached hydrogen (secondary N) is 1. The number of anilines is 2. The fraction of sp³-hybridized carbons (Fsp3) is 0.263. The van der Waals surface area contributed by atoms with Crippen LogP contribution in [0.25, 0.3) is 0 Å². The van der Waals surface area contributed by atoms with Gasteiger partial charge in [-0.05, 0) is 37.3 Å². The second-order valence-electron chi connectivity index (χ2n) is 5.92. The zero-order chi connectivity index (χ0) is 18.7. The summed E-state index contributed by atoms with van der Waals surface area (Å²) in [5.74, 6) is -0.952. The van der Waals surface area contributed by atoms with Crippen molar-refractivity contribution in [1.29, 1.82) is 0 Å². The number of nitrogens with zero attached hydrogens (tertiary/aromatic N) is 1. The van der Waals surface area contributed by atoms with Crippen molar-refractivity contribution in [3.05, 3.63) is 53.3 Å². The van der Waals surface area contributed by atoms with E-state index in [9.17, 15) is 14.0 Å². The summed E-state index contributed by atoms with van der Waals surface area (Å²) in [5, 5.41) is 2.76. The number of amides is 2. The SMILES string of the molecule is CCOc1ccccc1NC(=O)C1CC(=O)N(c2ccc(F)c(Cl)c2)C1. The number of hydrogen-bond acceptors (Lipinski definition) is 3. The molecule has 26 heavy (non-hydrogen) atoms. The van der Waals surface area contributed by atoms with Crippen LogP contribution in [0, 0.1) is 11.7 Å². The van der Waals surface area contributed by atoms with Gasteiger partial charge in [-0.15, -0.1) is 0 Å². The van der Waals surface area contributed by atoms with Gasteiger partial charge in [-0.3, -0.25) is 9.59 Å². The third kappa shape index (κ3) is 3.80. The predicted molar refractivity (Wildman–Crippen MR) is 98.1 cm³/mol. The Bertz CT molecular complexity index is 843. The van der Waals surface area contributed by atoms with Crippen LogP contribution in [0.2, 0.25) is 5.02 Å². The van der Waals surface area contributed by atoms with E-state index in [2.05, 4.69) is 5.32 Å². The monoisotopic (exact) mass is 376 g/mol. The van der Waals surface area contributed by atoms with Crippen LogP contribution >= 0.6 is 11.6 Å². The first-order valence-electron chi connectivity index (χ1n) is 8.27. The van der Waals surface area contributed by atoms with Crippen molar-refractivity contribution in [3.63, 3.8) is 0 Å². The molecule has 0 bridgehead atoms. The lowest BCUT2D eigenvalue weighted by Crippen LogP contribution is -2.28. The molecule has 0 aliphatic carbocycles. The Morgan fingerprint density at radius 2 is 2.12 bits per heavy atom. The minimum Gasteiger partial charge on any atom is -0.492 e. The number of ether oxygens (including phenoxy) is 1. The van der Waals surface area contributed by atoms with Crippen LogP contribution in [0.15, 0.2) is 42.5 Å². The van der Waals surface area contributed by atoms with Crippen molar-refractivity contribution >= 4 is 34.8 Å². The topological polar surface area (TPSA) is 58.6 Å². The first-order valence-corrected chi connectivity index (χ1v) is 8.65. The molecule has 136 valence electrons. The molecule has 1 unspecified atom stereocenters. The first kappa shape index (κ1) is 18.2. The van der Waals surface area contributed by atoms with Crippen molar-refractivity contribution in [1.82, 2.24) is 0 Å². The molecule has 1 aliphatic rings. The highest BCUT2D eigenvalue weighted by Crippen LogP contribution is 2.30. The molecule has 0 saturated carbocycles. The lowest BCUT2D eigenvalue weighted by atomic mass is 10.1. The third-order valence-corrected chi connectivity index (χ3v) is 4.45. The maximum Gasteiger partial charge on any atom is 0.229 e. The lowest BCUT2D eigenvalue weighted by Gasteiger charge is -2.17. The van der Waals surface area contributed by atoms with E-state index >= 15 is 0 Å². The quantitative estimate of drug-likeness (QED) is 0.861. The summed E-state index contributed by atoms with van der Waals surface area (Å²) in [4.78, 5) is 26.3. The van der Waals surface area contributed by atoms with Gasteiger partial charge in [-0.1, -0.05) is 23.7 Å². The van der Waals surface area contributed by atoms with E-state index in [-0.39, 0.29) is 29.8 Å². The maximum atomic E-state index is 13.3. The highest BCUT2D eigenvalue weighted by molar-refractivity contribution is 6.31. The summed E-state index contributed by atoms with van der Waals surface area (Å²) in [6, 6.07) is 11.2. The number of carbonyl (C=O) groups is 2. The molecule has 0 aromatic heterocycles. The van der Waals surface area contributed by atoms with E-state index in [0.29, 0.717) is 23.7 Å². The van der Waals surface area contributed by atoms with Crippen LogP contribution in [0.3, 0.4) is 0 Å². The zero-order valence-electron chi connectivity index (χ0n) is 14.2. The van der Waals surface area contributed by atoms with Gasteiger partial charge in [0, 0.05) is 18.7 Å².